The van der Waals surface area contributed by atoms with Crippen molar-refractivity contribution < 1.29 is 13.2 Å². The number of rotatable bonds is 4. The monoisotopic (exact) mass is 310 g/mol. The fraction of sp³-hybridized carbons (Fsp3) is 0.600. The molecule has 0 amide bonds. The second-order valence-electron chi connectivity index (χ2n) is 5.94. The Kier molecular flexibility index (Phi) is 3.94. The highest BCUT2D eigenvalue weighted by Gasteiger charge is 2.39. The molecule has 0 saturated carbocycles. The van der Waals surface area contributed by atoms with Gasteiger partial charge in [-0.25, -0.2) is 8.42 Å². The third-order valence-corrected chi connectivity index (χ3v) is 6.64. The molecule has 2 unspecified atom stereocenters. The molecular formula is C15H22N2O3S. The Morgan fingerprint density at radius 3 is 2.43 bits per heavy atom. The standard InChI is InChI=1S/C15H22N2O3S/c1-17(13-9-11-7-8-12(10-13)16-11)21(18,19)15-6-4-3-5-14(15)20-2/h3-6,11-13,16H,7-10H2,1-2H3. The topological polar surface area (TPSA) is 58.6 Å². The van der Waals surface area contributed by atoms with Crippen LogP contribution in [0.5, 0.6) is 5.75 Å². The van der Waals surface area contributed by atoms with Crippen LogP contribution in [0.15, 0.2) is 29.2 Å². The van der Waals surface area contributed by atoms with E-state index in [1.807, 2.05) is 0 Å². The summed E-state index contributed by atoms with van der Waals surface area (Å²) in [6.07, 6.45) is 4.09. The highest BCUT2D eigenvalue weighted by Crippen LogP contribution is 2.33. The summed E-state index contributed by atoms with van der Waals surface area (Å²) in [4.78, 5) is 0.251. The quantitative estimate of drug-likeness (QED) is 0.918. The lowest BCUT2D eigenvalue weighted by atomic mass is 10.0. The van der Waals surface area contributed by atoms with Gasteiger partial charge < -0.3 is 10.1 Å². The molecule has 0 aliphatic carbocycles. The van der Waals surface area contributed by atoms with Gasteiger partial charge in [-0.15, -0.1) is 0 Å². The predicted octanol–water partition coefficient (Wildman–Crippen LogP) is 1.60. The molecule has 21 heavy (non-hydrogen) atoms. The van der Waals surface area contributed by atoms with Crippen molar-refractivity contribution in [1.82, 2.24) is 9.62 Å². The Labute approximate surface area is 126 Å². The van der Waals surface area contributed by atoms with E-state index in [9.17, 15) is 8.42 Å². The number of benzene rings is 1. The van der Waals surface area contributed by atoms with E-state index in [0.717, 1.165) is 25.7 Å². The SMILES string of the molecule is COc1ccccc1S(=O)(=O)N(C)C1CC2CCC(C1)N2. The summed E-state index contributed by atoms with van der Waals surface area (Å²) in [6.45, 7) is 0. The Balaban J connectivity index is 1.87. The van der Waals surface area contributed by atoms with E-state index in [1.165, 1.54) is 11.4 Å². The molecule has 1 N–H and O–H groups in total. The third-order valence-electron chi connectivity index (χ3n) is 4.69. The van der Waals surface area contributed by atoms with Crippen LogP contribution in [0, 0.1) is 0 Å². The van der Waals surface area contributed by atoms with Crippen LogP contribution in [0.3, 0.4) is 0 Å². The van der Waals surface area contributed by atoms with E-state index in [4.69, 9.17) is 4.74 Å². The van der Waals surface area contributed by atoms with Crippen molar-refractivity contribution in [3.8, 4) is 5.75 Å². The summed E-state index contributed by atoms with van der Waals surface area (Å²) in [5.74, 6) is 0.404. The molecule has 116 valence electrons. The number of nitrogens with one attached hydrogen (secondary N) is 1. The highest BCUT2D eigenvalue weighted by atomic mass is 32.2. The Morgan fingerprint density at radius 2 is 1.81 bits per heavy atom. The lowest BCUT2D eigenvalue weighted by Gasteiger charge is -2.35. The van der Waals surface area contributed by atoms with Crippen molar-refractivity contribution in [2.45, 2.75) is 48.7 Å². The zero-order valence-corrected chi connectivity index (χ0v) is 13.3. The molecule has 2 saturated heterocycles. The van der Waals surface area contributed by atoms with E-state index in [1.54, 1.807) is 31.3 Å². The number of ether oxygens (including phenoxy) is 1. The molecule has 2 atom stereocenters. The number of para-hydroxylation sites is 1. The molecule has 2 aliphatic heterocycles. The Hall–Kier alpha value is -1.11. The number of hydrogen-bond donors (Lipinski definition) is 1. The second-order valence-corrected chi connectivity index (χ2v) is 7.90. The number of sulfonamides is 1. The number of methoxy groups -OCH3 is 1. The minimum Gasteiger partial charge on any atom is -0.495 e. The van der Waals surface area contributed by atoms with Gasteiger partial charge in [0.1, 0.15) is 10.6 Å². The molecule has 2 heterocycles. The van der Waals surface area contributed by atoms with Crippen molar-refractivity contribution >= 4 is 10.0 Å². The normalized spacial score (nSPS) is 28.8. The molecule has 5 nitrogen and oxygen atoms in total. The van der Waals surface area contributed by atoms with Crippen LogP contribution in [-0.2, 0) is 10.0 Å². The first-order valence-electron chi connectivity index (χ1n) is 7.39. The lowest BCUT2D eigenvalue weighted by Crippen LogP contribution is -2.48. The second kappa shape index (κ2) is 5.59. The molecule has 0 radical (unpaired) electrons. The van der Waals surface area contributed by atoms with Crippen molar-refractivity contribution in [1.29, 1.82) is 0 Å². The molecule has 2 aliphatic rings. The van der Waals surface area contributed by atoms with E-state index in [-0.39, 0.29) is 10.9 Å². The minimum atomic E-state index is -3.52. The average Bonchev–Trinajstić information content (AvgIpc) is 2.84. The largest absolute Gasteiger partial charge is 0.495 e. The van der Waals surface area contributed by atoms with Gasteiger partial charge in [0.15, 0.2) is 0 Å². The highest BCUT2D eigenvalue weighted by molar-refractivity contribution is 7.89. The Morgan fingerprint density at radius 1 is 1.19 bits per heavy atom. The summed E-state index contributed by atoms with van der Waals surface area (Å²) < 4.78 is 32.5. The van der Waals surface area contributed by atoms with Crippen LogP contribution in [0.1, 0.15) is 25.7 Å². The number of fused-ring (bicyclic) bond motifs is 2. The number of hydrogen-bond acceptors (Lipinski definition) is 4. The van der Waals surface area contributed by atoms with Gasteiger partial charge in [0, 0.05) is 25.2 Å². The van der Waals surface area contributed by atoms with Gasteiger partial charge in [-0.2, -0.15) is 4.31 Å². The lowest BCUT2D eigenvalue weighted by molar-refractivity contribution is 0.251. The van der Waals surface area contributed by atoms with Gasteiger partial charge in [0.2, 0.25) is 10.0 Å². The molecule has 0 aromatic heterocycles. The summed E-state index contributed by atoms with van der Waals surface area (Å²) in [7, 11) is -0.329. The zero-order chi connectivity index (χ0) is 15.0. The predicted molar refractivity (Wildman–Crippen MR) is 80.9 cm³/mol. The first kappa shape index (κ1) is 14.8. The maximum absolute atomic E-state index is 12.9. The number of piperidine rings is 1. The molecule has 1 aromatic carbocycles. The summed E-state index contributed by atoms with van der Waals surface area (Å²) in [5.41, 5.74) is 0. The summed E-state index contributed by atoms with van der Waals surface area (Å²) in [6, 6.07) is 7.80. The van der Waals surface area contributed by atoms with Crippen molar-refractivity contribution in [3.63, 3.8) is 0 Å². The van der Waals surface area contributed by atoms with E-state index >= 15 is 0 Å². The van der Waals surface area contributed by atoms with Gasteiger partial charge in [-0.05, 0) is 37.8 Å². The molecule has 0 spiro atoms. The van der Waals surface area contributed by atoms with Crippen LogP contribution >= 0.6 is 0 Å². The van der Waals surface area contributed by atoms with E-state index < -0.39 is 10.0 Å². The smallest absolute Gasteiger partial charge is 0.246 e. The number of nitrogens with zero attached hydrogens (tertiary/aromatic N) is 1. The maximum atomic E-state index is 12.9. The van der Waals surface area contributed by atoms with Gasteiger partial charge in [0.25, 0.3) is 0 Å². The van der Waals surface area contributed by atoms with Crippen LogP contribution in [0.2, 0.25) is 0 Å². The molecular weight excluding hydrogens is 288 g/mol. The Bertz CT molecular complexity index is 605. The molecule has 6 heteroatoms. The van der Waals surface area contributed by atoms with E-state index in [2.05, 4.69) is 5.32 Å². The van der Waals surface area contributed by atoms with Gasteiger partial charge in [-0.1, -0.05) is 12.1 Å². The van der Waals surface area contributed by atoms with E-state index in [0.29, 0.717) is 17.8 Å². The van der Waals surface area contributed by atoms with Crippen LogP contribution in [0.4, 0.5) is 0 Å². The summed E-state index contributed by atoms with van der Waals surface area (Å²) in [5, 5.41) is 3.54. The van der Waals surface area contributed by atoms with Crippen molar-refractivity contribution in [2.24, 2.45) is 0 Å². The fourth-order valence-corrected chi connectivity index (χ4v) is 5.04. The molecule has 2 fully saturated rings. The van der Waals surface area contributed by atoms with Gasteiger partial charge in [0.05, 0.1) is 7.11 Å². The van der Waals surface area contributed by atoms with Crippen LogP contribution in [0.25, 0.3) is 0 Å². The third kappa shape index (κ3) is 2.67. The summed E-state index contributed by atoms with van der Waals surface area (Å²) >= 11 is 0. The minimum absolute atomic E-state index is 0.0682. The van der Waals surface area contributed by atoms with Gasteiger partial charge >= 0.3 is 0 Å². The van der Waals surface area contributed by atoms with Gasteiger partial charge in [-0.3, -0.25) is 0 Å². The van der Waals surface area contributed by atoms with Crippen molar-refractivity contribution in [3.05, 3.63) is 24.3 Å². The zero-order valence-electron chi connectivity index (χ0n) is 12.5. The van der Waals surface area contributed by atoms with Crippen LogP contribution < -0.4 is 10.1 Å². The molecule has 2 bridgehead atoms. The fourth-order valence-electron chi connectivity index (χ4n) is 3.51. The maximum Gasteiger partial charge on any atom is 0.246 e. The molecule has 1 aromatic rings. The van der Waals surface area contributed by atoms with Crippen LogP contribution in [-0.4, -0.2) is 45.0 Å². The molecule has 3 rings (SSSR count). The first-order valence-corrected chi connectivity index (χ1v) is 8.83. The van der Waals surface area contributed by atoms with Crippen molar-refractivity contribution in [2.75, 3.05) is 14.2 Å². The average molecular weight is 310 g/mol. The first-order chi connectivity index (χ1) is 10.0.